The molecule has 1 N–H and O–H groups in total. The van der Waals surface area contributed by atoms with Crippen molar-refractivity contribution in [3.63, 3.8) is 0 Å². The molecule has 1 aromatic carbocycles. The van der Waals surface area contributed by atoms with Crippen LogP contribution in [0.15, 0.2) is 18.2 Å². The Hall–Kier alpha value is -2.45. The summed E-state index contributed by atoms with van der Waals surface area (Å²) in [5.74, 6) is -1.52. The fourth-order valence-corrected chi connectivity index (χ4v) is 2.92. The van der Waals surface area contributed by atoms with Crippen LogP contribution < -0.4 is 9.80 Å². The zero-order chi connectivity index (χ0) is 19.3. The third kappa shape index (κ3) is 4.20. The normalized spacial score (nSPS) is 13.9. The number of carbonyl (C=O) groups excluding carboxylic acids is 2. The van der Waals surface area contributed by atoms with Crippen LogP contribution >= 0.6 is 0 Å². The Morgan fingerprint density at radius 3 is 2.50 bits per heavy atom. The van der Waals surface area contributed by atoms with Crippen LogP contribution in [0.2, 0.25) is 0 Å². The summed E-state index contributed by atoms with van der Waals surface area (Å²) in [5.41, 5.74) is 1.04. The van der Waals surface area contributed by atoms with Crippen LogP contribution in [0.1, 0.15) is 24.2 Å². The molecule has 26 heavy (non-hydrogen) atoms. The summed E-state index contributed by atoms with van der Waals surface area (Å²) in [4.78, 5) is 41.5. The number of carboxylic acid groups (broad SMARTS) is 1. The first-order chi connectivity index (χ1) is 12.4. The lowest BCUT2D eigenvalue weighted by Gasteiger charge is -2.37. The number of anilines is 2. The Morgan fingerprint density at radius 2 is 1.92 bits per heavy atom. The van der Waals surface area contributed by atoms with Gasteiger partial charge in [0.25, 0.3) is 0 Å². The summed E-state index contributed by atoms with van der Waals surface area (Å²) >= 11 is 0. The van der Waals surface area contributed by atoms with E-state index >= 15 is 0 Å². The van der Waals surface area contributed by atoms with Gasteiger partial charge in [0.2, 0.25) is 11.8 Å². The monoisotopic (exact) mass is 363 g/mol. The van der Waals surface area contributed by atoms with E-state index in [0.717, 1.165) is 0 Å². The maximum absolute atomic E-state index is 12.8. The molecule has 8 nitrogen and oxygen atoms in total. The van der Waals surface area contributed by atoms with Crippen molar-refractivity contribution in [1.82, 2.24) is 4.90 Å². The number of rotatable bonds is 8. The maximum Gasteiger partial charge on any atom is 0.335 e. The summed E-state index contributed by atoms with van der Waals surface area (Å²) in [5, 5.41) is 9.28. The van der Waals surface area contributed by atoms with Gasteiger partial charge < -0.3 is 14.7 Å². The summed E-state index contributed by atoms with van der Waals surface area (Å²) in [6.45, 7) is 6.10. The Kier molecular flexibility index (Phi) is 6.70. The van der Waals surface area contributed by atoms with E-state index in [4.69, 9.17) is 4.74 Å². The first-order valence-electron chi connectivity index (χ1n) is 8.62. The Morgan fingerprint density at radius 1 is 1.23 bits per heavy atom. The lowest BCUT2D eigenvalue weighted by Crippen LogP contribution is -2.51. The number of likely N-dealkylation sites (N-methyl/N-ethyl adjacent to an activating group) is 1. The van der Waals surface area contributed by atoms with Gasteiger partial charge in [-0.25, -0.2) is 4.79 Å². The minimum absolute atomic E-state index is 0.0745. The summed E-state index contributed by atoms with van der Waals surface area (Å²) in [7, 11) is 1.54. The van der Waals surface area contributed by atoms with Gasteiger partial charge in [0, 0.05) is 13.7 Å². The number of methoxy groups -OCH3 is 1. The predicted molar refractivity (Wildman–Crippen MR) is 97.8 cm³/mol. The fraction of sp³-hybridized carbons (Fsp3) is 0.500. The highest BCUT2D eigenvalue weighted by molar-refractivity contribution is 6.12. The second kappa shape index (κ2) is 8.77. The molecule has 0 aliphatic carbocycles. The molecule has 0 saturated carbocycles. The molecule has 8 heteroatoms. The van der Waals surface area contributed by atoms with Crippen LogP contribution in [0.4, 0.5) is 11.4 Å². The number of hydrogen-bond donors (Lipinski definition) is 1. The molecule has 0 fully saturated rings. The van der Waals surface area contributed by atoms with E-state index in [0.29, 0.717) is 37.6 Å². The Bertz CT molecular complexity index is 687. The van der Waals surface area contributed by atoms with Gasteiger partial charge in [-0.15, -0.1) is 0 Å². The van der Waals surface area contributed by atoms with E-state index in [2.05, 4.69) is 0 Å². The summed E-state index contributed by atoms with van der Waals surface area (Å²) < 4.78 is 5.05. The third-order valence-electron chi connectivity index (χ3n) is 4.47. The standard InChI is InChI=1S/C18H25N3O5/c1-4-19(5-2)11-16(22)21-12-17(23)20(8-9-26-3)14-7-6-13(18(24)25)10-15(14)21/h6-7,10H,4-5,8-9,11-12H2,1-3H3,(H,24,25). The average molecular weight is 363 g/mol. The number of benzene rings is 1. The van der Waals surface area contributed by atoms with Crippen molar-refractivity contribution in [2.45, 2.75) is 13.8 Å². The van der Waals surface area contributed by atoms with Gasteiger partial charge in [-0.2, -0.15) is 0 Å². The fourth-order valence-electron chi connectivity index (χ4n) is 2.92. The van der Waals surface area contributed by atoms with E-state index in [9.17, 15) is 19.5 Å². The van der Waals surface area contributed by atoms with Crippen molar-refractivity contribution < 1.29 is 24.2 Å². The highest BCUT2D eigenvalue weighted by Gasteiger charge is 2.33. The van der Waals surface area contributed by atoms with Crippen molar-refractivity contribution in [3.8, 4) is 0 Å². The number of fused-ring (bicyclic) bond motifs is 1. The SMILES string of the molecule is CCN(CC)CC(=O)N1CC(=O)N(CCOC)c2ccc(C(=O)O)cc21. The van der Waals surface area contributed by atoms with Crippen LogP contribution in [-0.2, 0) is 14.3 Å². The van der Waals surface area contributed by atoms with Crippen molar-refractivity contribution >= 4 is 29.2 Å². The minimum Gasteiger partial charge on any atom is -0.478 e. The van der Waals surface area contributed by atoms with E-state index in [1.807, 2.05) is 18.7 Å². The topological polar surface area (TPSA) is 90.4 Å². The van der Waals surface area contributed by atoms with Gasteiger partial charge in [0.1, 0.15) is 6.54 Å². The van der Waals surface area contributed by atoms with Crippen molar-refractivity contribution in [2.75, 3.05) is 56.2 Å². The van der Waals surface area contributed by atoms with Gasteiger partial charge in [-0.3, -0.25) is 19.4 Å². The molecule has 1 aromatic rings. The lowest BCUT2D eigenvalue weighted by molar-refractivity contribution is -0.123. The Labute approximate surface area is 152 Å². The third-order valence-corrected chi connectivity index (χ3v) is 4.47. The smallest absolute Gasteiger partial charge is 0.335 e. The van der Waals surface area contributed by atoms with E-state index < -0.39 is 5.97 Å². The molecule has 0 radical (unpaired) electrons. The number of amides is 2. The molecule has 142 valence electrons. The average Bonchev–Trinajstić information content (AvgIpc) is 2.64. The van der Waals surface area contributed by atoms with Crippen LogP contribution in [-0.4, -0.2) is 74.2 Å². The molecule has 0 unspecified atom stereocenters. The molecule has 0 atom stereocenters. The van der Waals surface area contributed by atoms with Gasteiger partial charge in [0.05, 0.1) is 30.1 Å². The van der Waals surface area contributed by atoms with Crippen LogP contribution in [0.3, 0.4) is 0 Å². The van der Waals surface area contributed by atoms with E-state index in [1.54, 1.807) is 13.2 Å². The largest absolute Gasteiger partial charge is 0.478 e. The summed E-state index contributed by atoms with van der Waals surface area (Å²) in [6.07, 6.45) is 0. The molecule has 0 spiro atoms. The number of carboxylic acids is 1. The van der Waals surface area contributed by atoms with Crippen LogP contribution in [0, 0.1) is 0 Å². The van der Waals surface area contributed by atoms with Crippen molar-refractivity contribution in [3.05, 3.63) is 23.8 Å². The van der Waals surface area contributed by atoms with Gasteiger partial charge in [0.15, 0.2) is 0 Å². The molecule has 1 heterocycles. The molecule has 1 aliphatic rings. The molecule has 1 aliphatic heterocycles. The van der Waals surface area contributed by atoms with Gasteiger partial charge >= 0.3 is 5.97 Å². The molecule has 0 bridgehead atoms. The Balaban J connectivity index is 2.41. The highest BCUT2D eigenvalue weighted by Crippen LogP contribution is 2.34. The van der Waals surface area contributed by atoms with Crippen molar-refractivity contribution in [1.29, 1.82) is 0 Å². The number of hydrogen-bond acceptors (Lipinski definition) is 5. The summed E-state index contributed by atoms with van der Waals surface area (Å²) in [6, 6.07) is 4.46. The molecule has 0 saturated heterocycles. The van der Waals surface area contributed by atoms with Crippen LogP contribution in [0.25, 0.3) is 0 Å². The number of aromatic carboxylic acids is 1. The highest BCUT2D eigenvalue weighted by atomic mass is 16.5. The molecule has 2 amide bonds. The first kappa shape index (κ1) is 19.9. The molecule has 0 aromatic heterocycles. The molecular formula is C18H25N3O5. The number of carbonyl (C=O) groups is 3. The number of ether oxygens (including phenoxy) is 1. The first-order valence-corrected chi connectivity index (χ1v) is 8.62. The zero-order valence-corrected chi connectivity index (χ0v) is 15.4. The zero-order valence-electron chi connectivity index (χ0n) is 15.4. The van der Waals surface area contributed by atoms with Crippen LogP contribution in [0.5, 0.6) is 0 Å². The minimum atomic E-state index is -1.08. The molecular weight excluding hydrogens is 338 g/mol. The van der Waals surface area contributed by atoms with Gasteiger partial charge in [-0.1, -0.05) is 13.8 Å². The molecule has 2 rings (SSSR count). The van der Waals surface area contributed by atoms with E-state index in [1.165, 1.54) is 21.9 Å². The van der Waals surface area contributed by atoms with E-state index in [-0.39, 0.29) is 30.5 Å². The second-order valence-electron chi connectivity index (χ2n) is 5.99. The quantitative estimate of drug-likeness (QED) is 0.743. The maximum atomic E-state index is 12.8. The number of nitrogens with zero attached hydrogens (tertiary/aromatic N) is 3. The lowest BCUT2D eigenvalue weighted by atomic mass is 10.1. The van der Waals surface area contributed by atoms with Crippen molar-refractivity contribution in [2.24, 2.45) is 0 Å². The predicted octanol–water partition coefficient (Wildman–Crippen LogP) is 1.05. The second-order valence-corrected chi connectivity index (χ2v) is 5.99. The van der Waals surface area contributed by atoms with Gasteiger partial charge in [-0.05, 0) is 31.3 Å².